The zero-order valence-electron chi connectivity index (χ0n) is 9.73. The standard InChI is InChI=1S/C11H14N2O2S2/c1-7(3-5-15-2)13-10(14)8-4-6-17-9(8)12-11(13)16/h4,6-7H,3,5H2,1-2H3,(H,12,16). The molecule has 0 saturated carbocycles. The Hall–Kier alpha value is -0.980. The van der Waals surface area contributed by atoms with Crippen molar-refractivity contribution in [3.05, 3.63) is 26.6 Å². The van der Waals surface area contributed by atoms with Crippen molar-refractivity contribution >= 4 is 33.8 Å². The van der Waals surface area contributed by atoms with E-state index in [1.165, 1.54) is 11.3 Å². The summed E-state index contributed by atoms with van der Waals surface area (Å²) in [5, 5.41) is 2.59. The third-order valence-corrected chi connectivity index (χ3v) is 3.86. The molecule has 6 heteroatoms. The highest BCUT2D eigenvalue weighted by Gasteiger charge is 2.11. The zero-order valence-corrected chi connectivity index (χ0v) is 11.4. The molecule has 2 rings (SSSR count). The third kappa shape index (κ3) is 2.34. The van der Waals surface area contributed by atoms with Crippen molar-refractivity contribution in [2.45, 2.75) is 19.4 Å². The van der Waals surface area contributed by atoms with Gasteiger partial charge in [-0.3, -0.25) is 9.36 Å². The predicted molar refractivity (Wildman–Crippen MR) is 72.5 cm³/mol. The van der Waals surface area contributed by atoms with Crippen molar-refractivity contribution in [1.29, 1.82) is 0 Å². The molecule has 1 atom stereocenters. The Morgan fingerprint density at radius 3 is 3.12 bits per heavy atom. The molecule has 0 aromatic carbocycles. The van der Waals surface area contributed by atoms with Crippen molar-refractivity contribution in [3.8, 4) is 0 Å². The average molecular weight is 270 g/mol. The number of nitrogens with one attached hydrogen (secondary N) is 1. The molecule has 0 spiro atoms. The highest BCUT2D eigenvalue weighted by atomic mass is 32.1. The van der Waals surface area contributed by atoms with Gasteiger partial charge >= 0.3 is 0 Å². The van der Waals surface area contributed by atoms with Gasteiger partial charge in [0.05, 0.1) is 5.39 Å². The van der Waals surface area contributed by atoms with Gasteiger partial charge in [0.15, 0.2) is 4.77 Å². The van der Waals surface area contributed by atoms with E-state index in [1.54, 1.807) is 11.7 Å². The smallest absolute Gasteiger partial charge is 0.263 e. The highest BCUT2D eigenvalue weighted by molar-refractivity contribution is 7.71. The second-order valence-electron chi connectivity index (χ2n) is 3.90. The Labute approximate surface area is 108 Å². The largest absolute Gasteiger partial charge is 0.385 e. The van der Waals surface area contributed by atoms with Crippen LogP contribution in [0, 0.1) is 4.77 Å². The summed E-state index contributed by atoms with van der Waals surface area (Å²) in [4.78, 5) is 16.2. The lowest BCUT2D eigenvalue weighted by Crippen LogP contribution is -2.25. The van der Waals surface area contributed by atoms with E-state index in [1.807, 2.05) is 18.4 Å². The summed E-state index contributed by atoms with van der Waals surface area (Å²) in [6.45, 7) is 2.59. The third-order valence-electron chi connectivity index (χ3n) is 2.73. The molecule has 0 saturated heterocycles. The molecule has 0 fully saturated rings. The molecule has 0 aliphatic heterocycles. The lowest BCUT2D eigenvalue weighted by atomic mass is 10.2. The number of ether oxygens (including phenoxy) is 1. The van der Waals surface area contributed by atoms with Crippen molar-refractivity contribution < 1.29 is 4.74 Å². The van der Waals surface area contributed by atoms with Crippen molar-refractivity contribution in [2.75, 3.05) is 13.7 Å². The number of aromatic amines is 1. The number of aromatic nitrogens is 2. The van der Waals surface area contributed by atoms with Gasteiger partial charge in [0.25, 0.3) is 5.56 Å². The minimum Gasteiger partial charge on any atom is -0.385 e. The van der Waals surface area contributed by atoms with Gasteiger partial charge in [-0.1, -0.05) is 0 Å². The molecule has 2 heterocycles. The van der Waals surface area contributed by atoms with Crippen LogP contribution in [0.15, 0.2) is 16.2 Å². The minimum atomic E-state index is -0.0198. The molecule has 0 aliphatic carbocycles. The fraction of sp³-hybridized carbons (Fsp3) is 0.455. The van der Waals surface area contributed by atoms with E-state index in [2.05, 4.69) is 4.98 Å². The second kappa shape index (κ2) is 5.12. The lowest BCUT2D eigenvalue weighted by Gasteiger charge is -2.14. The Balaban J connectivity index is 2.53. The quantitative estimate of drug-likeness (QED) is 0.869. The van der Waals surface area contributed by atoms with Gasteiger partial charge in [0.1, 0.15) is 4.83 Å². The Morgan fingerprint density at radius 1 is 1.65 bits per heavy atom. The van der Waals surface area contributed by atoms with Crippen LogP contribution in [0.3, 0.4) is 0 Å². The first-order valence-corrected chi connectivity index (χ1v) is 6.65. The number of methoxy groups -OCH3 is 1. The summed E-state index contributed by atoms with van der Waals surface area (Å²) in [5.41, 5.74) is -0.0198. The fourth-order valence-electron chi connectivity index (χ4n) is 1.77. The second-order valence-corrected chi connectivity index (χ2v) is 5.20. The van der Waals surface area contributed by atoms with Crippen LogP contribution in [0.5, 0.6) is 0 Å². The predicted octanol–water partition coefficient (Wildman–Crippen LogP) is 2.72. The molecule has 0 amide bonds. The summed E-state index contributed by atoms with van der Waals surface area (Å²) in [6, 6.07) is 1.86. The van der Waals surface area contributed by atoms with Crippen LogP contribution in [0.1, 0.15) is 19.4 Å². The van der Waals surface area contributed by atoms with E-state index in [0.29, 0.717) is 16.8 Å². The monoisotopic (exact) mass is 270 g/mol. The molecule has 1 N–H and O–H groups in total. The van der Waals surface area contributed by atoms with Crippen LogP contribution in [-0.2, 0) is 4.74 Å². The summed E-state index contributed by atoms with van der Waals surface area (Å²) < 4.78 is 7.14. The minimum absolute atomic E-state index is 0.0198. The lowest BCUT2D eigenvalue weighted by molar-refractivity contribution is 0.180. The average Bonchev–Trinajstić information content (AvgIpc) is 2.74. The van der Waals surface area contributed by atoms with Gasteiger partial charge in [0.2, 0.25) is 0 Å². The summed E-state index contributed by atoms with van der Waals surface area (Å²) >= 11 is 6.73. The molecule has 4 nitrogen and oxygen atoms in total. The SMILES string of the molecule is COCCC(C)n1c(=S)[nH]c2sccc2c1=O. The van der Waals surface area contributed by atoms with Gasteiger partial charge in [-0.25, -0.2) is 0 Å². The van der Waals surface area contributed by atoms with Crippen LogP contribution in [0.4, 0.5) is 0 Å². The molecule has 1 unspecified atom stereocenters. The van der Waals surface area contributed by atoms with Gasteiger partial charge in [-0.2, -0.15) is 0 Å². The molecular formula is C11H14N2O2S2. The molecular weight excluding hydrogens is 256 g/mol. The molecule has 2 aromatic rings. The molecule has 2 aromatic heterocycles. The van der Waals surface area contributed by atoms with Crippen molar-refractivity contribution in [1.82, 2.24) is 9.55 Å². The van der Waals surface area contributed by atoms with Crippen LogP contribution in [0.25, 0.3) is 10.2 Å². The van der Waals surface area contributed by atoms with Crippen LogP contribution in [0.2, 0.25) is 0 Å². The normalized spacial score (nSPS) is 13.1. The van der Waals surface area contributed by atoms with E-state index in [9.17, 15) is 4.79 Å². The first-order valence-electron chi connectivity index (χ1n) is 5.36. The molecule has 0 aliphatic rings. The summed E-state index contributed by atoms with van der Waals surface area (Å²) in [7, 11) is 1.65. The number of fused-ring (bicyclic) bond motifs is 1. The maximum atomic E-state index is 12.3. The first kappa shape index (κ1) is 12.5. The molecule has 0 radical (unpaired) electrons. The van der Waals surface area contributed by atoms with Gasteiger partial charge in [-0.15, -0.1) is 11.3 Å². The molecule has 17 heavy (non-hydrogen) atoms. The summed E-state index contributed by atoms with van der Waals surface area (Å²) in [6.07, 6.45) is 0.767. The van der Waals surface area contributed by atoms with Crippen LogP contribution >= 0.6 is 23.6 Å². The van der Waals surface area contributed by atoms with Gasteiger partial charge < -0.3 is 9.72 Å². The van der Waals surface area contributed by atoms with E-state index < -0.39 is 0 Å². The van der Waals surface area contributed by atoms with Crippen LogP contribution in [-0.4, -0.2) is 23.3 Å². The molecule has 0 bridgehead atoms. The topological polar surface area (TPSA) is 47.0 Å². The zero-order chi connectivity index (χ0) is 12.4. The van der Waals surface area contributed by atoms with Crippen molar-refractivity contribution in [3.63, 3.8) is 0 Å². The maximum absolute atomic E-state index is 12.3. The van der Waals surface area contributed by atoms with E-state index in [-0.39, 0.29) is 11.6 Å². The van der Waals surface area contributed by atoms with Gasteiger partial charge in [0, 0.05) is 19.8 Å². The number of nitrogens with zero attached hydrogens (tertiary/aromatic N) is 1. The van der Waals surface area contributed by atoms with Crippen molar-refractivity contribution in [2.24, 2.45) is 0 Å². The fourth-order valence-corrected chi connectivity index (χ4v) is 2.98. The molecule has 92 valence electrons. The van der Waals surface area contributed by atoms with Crippen LogP contribution < -0.4 is 5.56 Å². The van der Waals surface area contributed by atoms with E-state index in [0.717, 1.165) is 11.3 Å². The number of hydrogen-bond acceptors (Lipinski definition) is 4. The Morgan fingerprint density at radius 2 is 2.41 bits per heavy atom. The number of thiophene rings is 1. The van der Waals surface area contributed by atoms with E-state index >= 15 is 0 Å². The Kier molecular flexibility index (Phi) is 3.76. The Bertz CT molecular complexity index is 626. The number of H-pyrrole nitrogens is 1. The maximum Gasteiger partial charge on any atom is 0.263 e. The van der Waals surface area contributed by atoms with Gasteiger partial charge in [-0.05, 0) is 37.0 Å². The number of hydrogen-bond donors (Lipinski definition) is 1. The number of rotatable bonds is 4. The van der Waals surface area contributed by atoms with E-state index in [4.69, 9.17) is 17.0 Å². The summed E-state index contributed by atoms with van der Waals surface area (Å²) in [5.74, 6) is 0. The first-order chi connectivity index (χ1) is 8.15. The highest BCUT2D eigenvalue weighted by Crippen LogP contribution is 2.16.